The largest absolute Gasteiger partial charge is 0.379 e. The van der Waals surface area contributed by atoms with Crippen LogP contribution in [0.1, 0.15) is 18.1 Å². The molecule has 1 atom stereocenters. The molecule has 2 aromatic rings. The fraction of sp³-hybridized carbons (Fsp3) is 0.389. The van der Waals surface area contributed by atoms with Crippen LogP contribution < -0.4 is 10.2 Å². The summed E-state index contributed by atoms with van der Waals surface area (Å²) >= 11 is 6.18. The molecule has 7 nitrogen and oxygen atoms in total. The summed E-state index contributed by atoms with van der Waals surface area (Å²) in [6.07, 6.45) is 2.04. The first-order valence-electron chi connectivity index (χ1n) is 8.44. The number of pyridine rings is 1. The Morgan fingerprint density at radius 1 is 1.46 bits per heavy atom. The third kappa shape index (κ3) is 4.23. The van der Waals surface area contributed by atoms with Gasteiger partial charge in [-0.1, -0.05) is 17.7 Å². The fourth-order valence-electron chi connectivity index (χ4n) is 2.98. The molecule has 0 saturated carbocycles. The summed E-state index contributed by atoms with van der Waals surface area (Å²) in [6.45, 7) is 6.77. The van der Waals surface area contributed by atoms with E-state index in [0.717, 1.165) is 30.0 Å². The number of nitro benzene ring substituents is 1. The molecule has 0 amide bonds. The van der Waals surface area contributed by atoms with Gasteiger partial charge in [0.2, 0.25) is 0 Å². The van der Waals surface area contributed by atoms with Crippen molar-refractivity contribution < 1.29 is 9.66 Å². The van der Waals surface area contributed by atoms with Gasteiger partial charge in [0.05, 0.1) is 28.3 Å². The van der Waals surface area contributed by atoms with E-state index < -0.39 is 4.92 Å². The monoisotopic (exact) mass is 376 g/mol. The number of nitrogens with one attached hydrogen (secondary N) is 1. The van der Waals surface area contributed by atoms with E-state index in [2.05, 4.69) is 22.1 Å². The molecule has 1 saturated heterocycles. The molecule has 26 heavy (non-hydrogen) atoms. The van der Waals surface area contributed by atoms with Crippen molar-refractivity contribution in [3.05, 3.63) is 56.7 Å². The standard InChI is InChI=1S/C18H21ClN4O3/c1-12-7-15(23(24)25)8-16(19)18(12)21-10-14-3-4-17(20-9-14)22-5-6-26-13(2)11-22/h3-4,7-9,13,21H,5-6,10-11H2,1-2H3. The Morgan fingerprint density at radius 3 is 2.88 bits per heavy atom. The Bertz CT molecular complexity index is 775. The van der Waals surface area contributed by atoms with Crippen LogP contribution >= 0.6 is 11.6 Å². The summed E-state index contributed by atoms with van der Waals surface area (Å²) in [6, 6.07) is 6.89. The van der Waals surface area contributed by atoms with Crippen LogP contribution in [-0.2, 0) is 11.3 Å². The average molecular weight is 377 g/mol. The fourth-order valence-corrected chi connectivity index (χ4v) is 3.31. The van der Waals surface area contributed by atoms with Crippen LogP contribution in [0.5, 0.6) is 0 Å². The van der Waals surface area contributed by atoms with Gasteiger partial charge >= 0.3 is 0 Å². The third-order valence-corrected chi connectivity index (χ3v) is 4.62. The Balaban J connectivity index is 1.66. The maximum Gasteiger partial charge on any atom is 0.271 e. The number of anilines is 2. The minimum atomic E-state index is -0.447. The van der Waals surface area contributed by atoms with Crippen LogP contribution in [0, 0.1) is 17.0 Å². The zero-order valence-electron chi connectivity index (χ0n) is 14.7. The van der Waals surface area contributed by atoms with Crippen molar-refractivity contribution in [2.24, 2.45) is 0 Å². The van der Waals surface area contributed by atoms with Gasteiger partial charge in [0.25, 0.3) is 5.69 Å². The van der Waals surface area contributed by atoms with Crippen LogP contribution in [0.4, 0.5) is 17.2 Å². The molecular formula is C18H21ClN4O3. The number of hydrogen-bond donors (Lipinski definition) is 1. The minimum Gasteiger partial charge on any atom is -0.379 e. The lowest BCUT2D eigenvalue weighted by Gasteiger charge is -2.32. The molecule has 1 fully saturated rings. The second-order valence-corrected chi connectivity index (χ2v) is 6.79. The van der Waals surface area contributed by atoms with Crippen molar-refractivity contribution in [2.45, 2.75) is 26.5 Å². The minimum absolute atomic E-state index is 0.0104. The molecule has 1 aliphatic heterocycles. The number of rotatable bonds is 5. The Kier molecular flexibility index (Phi) is 5.58. The molecule has 1 aromatic carbocycles. The second kappa shape index (κ2) is 7.88. The van der Waals surface area contributed by atoms with E-state index in [1.807, 2.05) is 18.3 Å². The molecule has 0 radical (unpaired) electrons. The molecule has 138 valence electrons. The number of nitrogens with zero attached hydrogens (tertiary/aromatic N) is 3. The molecule has 1 N–H and O–H groups in total. The van der Waals surface area contributed by atoms with E-state index in [1.54, 1.807) is 6.92 Å². The first-order chi connectivity index (χ1) is 12.4. The van der Waals surface area contributed by atoms with Gasteiger partial charge in [0.15, 0.2) is 0 Å². The highest BCUT2D eigenvalue weighted by molar-refractivity contribution is 6.33. The highest BCUT2D eigenvalue weighted by Crippen LogP contribution is 2.31. The van der Waals surface area contributed by atoms with Crippen molar-refractivity contribution in [1.82, 2.24) is 4.98 Å². The predicted octanol–water partition coefficient (Wildman–Crippen LogP) is 3.79. The van der Waals surface area contributed by atoms with Gasteiger partial charge in [-0.15, -0.1) is 0 Å². The number of halogens is 1. The highest BCUT2D eigenvalue weighted by atomic mass is 35.5. The number of benzene rings is 1. The Morgan fingerprint density at radius 2 is 2.27 bits per heavy atom. The van der Waals surface area contributed by atoms with E-state index in [-0.39, 0.29) is 11.8 Å². The lowest BCUT2D eigenvalue weighted by Crippen LogP contribution is -2.41. The molecule has 1 unspecified atom stereocenters. The quantitative estimate of drug-likeness (QED) is 0.631. The number of hydrogen-bond acceptors (Lipinski definition) is 6. The van der Waals surface area contributed by atoms with Gasteiger partial charge in [-0.2, -0.15) is 0 Å². The molecule has 1 aliphatic rings. The van der Waals surface area contributed by atoms with Crippen molar-refractivity contribution in [1.29, 1.82) is 0 Å². The van der Waals surface area contributed by atoms with Crippen molar-refractivity contribution in [3.8, 4) is 0 Å². The highest BCUT2D eigenvalue weighted by Gasteiger charge is 2.18. The van der Waals surface area contributed by atoms with Crippen LogP contribution in [0.25, 0.3) is 0 Å². The maximum atomic E-state index is 10.9. The first kappa shape index (κ1) is 18.4. The van der Waals surface area contributed by atoms with Crippen LogP contribution in [-0.4, -0.2) is 35.7 Å². The maximum absolute atomic E-state index is 10.9. The van der Waals surface area contributed by atoms with Gasteiger partial charge in [-0.3, -0.25) is 10.1 Å². The number of ether oxygens (including phenoxy) is 1. The summed E-state index contributed by atoms with van der Waals surface area (Å²) in [5, 5.41) is 14.5. The Hall–Kier alpha value is -2.38. The predicted molar refractivity (Wildman–Crippen MR) is 102 cm³/mol. The van der Waals surface area contributed by atoms with Gasteiger partial charge in [-0.25, -0.2) is 4.98 Å². The van der Waals surface area contributed by atoms with E-state index in [1.165, 1.54) is 12.1 Å². The van der Waals surface area contributed by atoms with E-state index in [9.17, 15) is 10.1 Å². The van der Waals surface area contributed by atoms with Gasteiger partial charge in [0.1, 0.15) is 5.82 Å². The van der Waals surface area contributed by atoms with E-state index >= 15 is 0 Å². The number of non-ortho nitro benzene ring substituents is 1. The number of aryl methyl sites for hydroxylation is 1. The zero-order chi connectivity index (χ0) is 18.7. The lowest BCUT2D eigenvalue weighted by molar-refractivity contribution is -0.384. The van der Waals surface area contributed by atoms with E-state index in [4.69, 9.17) is 16.3 Å². The van der Waals surface area contributed by atoms with Crippen LogP contribution in [0.2, 0.25) is 5.02 Å². The summed E-state index contributed by atoms with van der Waals surface area (Å²) in [7, 11) is 0. The molecule has 0 spiro atoms. The molecule has 0 aliphatic carbocycles. The number of morpholine rings is 1. The van der Waals surface area contributed by atoms with Crippen molar-refractivity contribution in [3.63, 3.8) is 0 Å². The number of aromatic nitrogens is 1. The Labute approximate surface area is 157 Å². The second-order valence-electron chi connectivity index (χ2n) is 6.38. The lowest BCUT2D eigenvalue weighted by atomic mass is 10.1. The van der Waals surface area contributed by atoms with Crippen molar-refractivity contribution >= 4 is 28.8 Å². The molecule has 2 heterocycles. The van der Waals surface area contributed by atoms with E-state index in [0.29, 0.717) is 23.9 Å². The van der Waals surface area contributed by atoms with Crippen molar-refractivity contribution in [2.75, 3.05) is 29.9 Å². The normalized spacial score (nSPS) is 17.2. The number of nitro groups is 1. The molecule has 3 rings (SSSR count). The molecule has 8 heteroatoms. The zero-order valence-corrected chi connectivity index (χ0v) is 15.5. The SMILES string of the molecule is Cc1cc([N+](=O)[O-])cc(Cl)c1NCc1ccc(N2CCOC(C)C2)nc1. The summed E-state index contributed by atoms with van der Waals surface area (Å²) in [5.41, 5.74) is 2.42. The van der Waals surface area contributed by atoms with Gasteiger partial charge in [0, 0.05) is 38.0 Å². The smallest absolute Gasteiger partial charge is 0.271 e. The molecule has 0 bridgehead atoms. The van der Waals surface area contributed by atoms with Gasteiger partial charge in [-0.05, 0) is 31.0 Å². The molecule has 1 aromatic heterocycles. The third-order valence-electron chi connectivity index (χ3n) is 4.33. The van der Waals surface area contributed by atoms with Crippen LogP contribution in [0.3, 0.4) is 0 Å². The first-order valence-corrected chi connectivity index (χ1v) is 8.81. The van der Waals surface area contributed by atoms with Crippen LogP contribution in [0.15, 0.2) is 30.5 Å². The summed E-state index contributed by atoms with van der Waals surface area (Å²) in [4.78, 5) is 17.2. The average Bonchev–Trinajstić information content (AvgIpc) is 2.61. The summed E-state index contributed by atoms with van der Waals surface area (Å²) in [5.74, 6) is 0.938. The van der Waals surface area contributed by atoms with Gasteiger partial charge < -0.3 is 15.0 Å². The molecular weight excluding hydrogens is 356 g/mol. The summed E-state index contributed by atoms with van der Waals surface area (Å²) < 4.78 is 5.55. The topological polar surface area (TPSA) is 80.5 Å².